The lowest BCUT2D eigenvalue weighted by Crippen LogP contribution is -2.24. The Balaban J connectivity index is 1.88. The van der Waals surface area contributed by atoms with Crippen LogP contribution in [0.5, 0.6) is 0 Å². The van der Waals surface area contributed by atoms with Crippen LogP contribution in [-0.2, 0) is 23.8 Å². The van der Waals surface area contributed by atoms with Crippen molar-refractivity contribution in [2.75, 3.05) is 27.1 Å². The molecule has 2 saturated heterocycles. The van der Waals surface area contributed by atoms with Gasteiger partial charge in [-0.3, -0.25) is 4.79 Å². The number of esters is 1. The van der Waals surface area contributed by atoms with E-state index in [1.165, 1.54) is 13.2 Å². The number of hydrogen-bond donors (Lipinski definition) is 0. The van der Waals surface area contributed by atoms with Gasteiger partial charge in [-0.05, 0) is 17.5 Å². The van der Waals surface area contributed by atoms with E-state index >= 15 is 0 Å². The summed E-state index contributed by atoms with van der Waals surface area (Å²) in [5.41, 5.74) is 2.39. The van der Waals surface area contributed by atoms with E-state index in [1.54, 1.807) is 4.90 Å². The second-order valence-corrected chi connectivity index (χ2v) is 5.47. The monoisotopic (exact) mass is 317 g/mol. The maximum absolute atomic E-state index is 12.0. The van der Waals surface area contributed by atoms with E-state index in [1.807, 2.05) is 24.3 Å². The molecule has 2 heterocycles. The molecule has 0 aromatic heterocycles. The van der Waals surface area contributed by atoms with Crippen molar-refractivity contribution < 1.29 is 23.8 Å². The molecule has 1 amide bonds. The summed E-state index contributed by atoms with van der Waals surface area (Å²) in [5, 5.41) is 0. The van der Waals surface area contributed by atoms with Crippen LogP contribution in [0.25, 0.3) is 5.70 Å². The van der Waals surface area contributed by atoms with Gasteiger partial charge in [-0.15, -0.1) is 0 Å². The smallest absolute Gasteiger partial charge is 0.332 e. The Labute approximate surface area is 134 Å². The molecule has 1 aromatic rings. The lowest BCUT2D eigenvalue weighted by atomic mass is 10.0. The molecule has 1 atom stereocenters. The third-order valence-electron chi connectivity index (χ3n) is 4.02. The van der Waals surface area contributed by atoms with Crippen molar-refractivity contribution in [1.29, 1.82) is 0 Å². The summed E-state index contributed by atoms with van der Waals surface area (Å²) in [6.45, 7) is 1.46. The Bertz CT molecular complexity index is 616. The van der Waals surface area contributed by atoms with E-state index in [4.69, 9.17) is 14.2 Å². The Hall–Kier alpha value is -2.18. The van der Waals surface area contributed by atoms with Gasteiger partial charge in [0.25, 0.3) is 0 Å². The highest BCUT2D eigenvalue weighted by atomic mass is 16.7. The van der Waals surface area contributed by atoms with Gasteiger partial charge < -0.3 is 19.1 Å². The van der Waals surface area contributed by atoms with E-state index in [9.17, 15) is 9.59 Å². The van der Waals surface area contributed by atoms with Gasteiger partial charge in [0.15, 0.2) is 0 Å². The fourth-order valence-corrected chi connectivity index (χ4v) is 2.78. The molecule has 0 saturated carbocycles. The minimum Gasteiger partial charge on any atom is -0.466 e. The van der Waals surface area contributed by atoms with Crippen LogP contribution in [-0.4, -0.2) is 43.8 Å². The molecule has 0 spiro atoms. The molecule has 2 aliphatic heterocycles. The predicted molar refractivity (Wildman–Crippen MR) is 82.0 cm³/mol. The number of carbonyl (C=O) groups excluding carboxylic acids is 2. The van der Waals surface area contributed by atoms with Crippen LogP contribution in [0.15, 0.2) is 30.3 Å². The second-order valence-electron chi connectivity index (χ2n) is 5.47. The molecule has 0 bridgehead atoms. The van der Waals surface area contributed by atoms with Crippen molar-refractivity contribution in [3.8, 4) is 0 Å². The highest BCUT2D eigenvalue weighted by Crippen LogP contribution is 2.28. The highest BCUT2D eigenvalue weighted by molar-refractivity contribution is 5.96. The van der Waals surface area contributed by atoms with Gasteiger partial charge in [0.05, 0.1) is 19.4 Å². The maximum Gasteiger partial charge on any atom is 0.332 e. The van der Waals surface area contributed by atoms with Crippen LogP contribution in [0.4, 0.5) is 0 Å². The van der Waals surface area contributed by atoms with Crippen LogP contribution in [0.1, 0.15) is 30.1 Å². The molecule has 1 unspecified atom stereocenters. The topological polar surface area (TPSA) is 65.1 Å². The number of likely N-dealkylation sites (tertiary alicyclic amines) is 1. The number of benzene rings is 1. The first-order valence-electron chi connectivity index (χ1n) is 7.58. The summed E-state index contributed by atoms with van der Waals surface area (Å²) >= 11 is 0. The zero-order chi connectivity index (χ0) is 16.2. The van der Waals surface area contributed by atoms with E-state index in [0.29, 0.717) is 32.1 Å². The van der Waals surface area contributed by atoms with Gasteiger partial charge in [-0.2, -0.15) is 0 Å². The van der Waals surface area contributed by atoms with Gasteiger partial charge in [0.2, 0.25) is 5.91 Å². The molecule has 2 fully saturated rings. The molecular weight excluding hydrogens is 298 g/mol. The van der Waals surface area contributed by atoms with Crippen molar-refractivity contribution in [2.45, 2.75) is 18.9 Å². The molecule has 23 heavy (non-hydrogen) atoms. The van der Waals surface area contributed by atoms with Gasteiger partial charge in [0, 0.05) is 19.0 Å². The van der Waals surface area contributed by atoms with E-state index < -0.39 is 5.97 Å². The summed E-state index contributed by atoms with van der Waals surface area (Å²) in [5.74, 6) is -0.451. The van der Waals surface area contributed by atoms with Gasteiger partial charge in [0.1, 0.15) is 12.9 Å². The molecule has 6 nitrogen and oxygen atoms in total. The molecule has 3 rings (SSSR count). The van der Waals surface area contributed by atoms with Crippen LogP contribution >= 0.6 is 0 Å². The number of rotatable bonds is 4. The average molecular weight is 317 g/mol. The van der Waals surface area contributed by atoms with Crippen LogP contribution in [0.2, 0.25) is 0 Å². The largest absolute Gasteiger partial charge is 0.466 e. The standard InChI is InChI=1S/C17H19NO5/c1-21-17(20)9-14(18-8-2-3-16(18)19)12-4-6-13(7-5-12)15-10-22-11-23-15/h4-7,9,15H,2-3,8,10-11H2,1H3/b14-9-. The van der Waals surface area contributed by atoms with Crippen molar-refractivity contribution in [1.82, 2.24) is 4.90 Å². The third-order valence-corrected chi connectivity index (χ3v) is 4.02. The fourth-order valence-electron chi connectivity index (χ4n) is 2.78. The van der Waals surface area contributed by atoms with Crippen molar-refractivity contribution >= 4 is 17.6 Å². The van der Waals surface area contributed by atoms with Crippen LogP contribution in [0, 0.1) is 0 Å². The number of ether oxygens (including phenoxy) is 3. The molecule has 0 N–H and O–H groups in total. The minimum absolute atomic E-state index is 0.0248. The van der Waals surface area contributed by atoms with Crippen molar-refractivity contribution in [3.63, 3.8) is 0 Å². The first-order valence-corrected chi connectivity index (χ1v) is 7.58. The lowest BCUT2D eigenvalue weighted by Gasteiger charge is -2.20. The van der Waals surface area contributed by atoms with Crippen LogP contribution < -0.4 is 0 Å². The van der Waals surface area contributed by atoms with Crippen molar-refractivity contribution in [3.05, 3.63) is 41.5 Å². The fraction of sp³-hybridized carbons (Fsp3) is 0.412. The highest BCUT2D eigenvalue weighted by Gasteiger charge is 2.26. The van der Waals surface area contributed by atoms with E-state index in [2.05, 4.69) is 0 Å². The Morgan fingerprint density at radius 2 is 2.13 bits per heavy atom. The average Bonchev–Trinajstić information content (AvgIpc) is 3.24. The number of amides is 1. The minimum atomic E-state index is -0.476. The Morgan fingerprint density at radius 1 is 1.35 bits per heavy atom. The quantitative estimate of drug-likeness (QED) is 0.626. The summed E-state index contributed by atoms with van der Waals surface area (Å²) in [6.07, 6.45) is 2.60. The molecule has 0 aliphatic carbocycles. The lowest BCUT2D eigenvalue weighted by molar-refractivity contribution is -0.134. The predicted octanol–water partition coefficient (Wildman–Crippen LogP) is 1.87. The Morgan fingerprint density at radius 3 is 2.70 bits per heavy atom. The first-order chi connectivity index (χ1) is 11.2. The summed E-state index contributed by atoms with van der Waals surface area (Å²) in [7, 11) is 1.32. The molecule has 1 aromatic carbocycles. The normalized spacial score (nSPS) is 21.8. The van der Waals surface area contributed by atoms with Gasteiger partial charge >= 0.3 is 5.97 Å². The number of carbonyl (C=O) groups is 2. The van der Waals surface area contributed by atoms with Gasteiger partial charge in [-0.25, -0.2) is 4.79 Å². The Kier molecular flexibility index (Phi) is 4.73. The van der Waals surface area contributed by atoms with Gasteiger partial charge in [-0.1, -0.05) is 24.3 Å². The second kappa shape index (κ2) is 6.93. The maximum atomic E-state index is 12.0. The van der Waals surface area contributed by atoms with Crippen LogP contribution in [0.3, 0.4) is 0 Å². The number of methoxy groups -OCH3 is 1. The molecule has 2 aliphatic rings. The first kappa shape index (κ1) is 15.7. The van der Waals surface area contributed by atoms with E-state index in [0.717, 1.165) is 17.5 Å². The third kappa shape index (κ3) is 3.43. The van der Waals surface area contributed by atoms with Crippen molar-refractivity contribution in [2.24, 2.45) is 0 Å². The summed E-state index contributed by atoms with van der Waals surface area (Å²) in [6, 6.07) is 7.63. The SMILES string of the molecule is COC(=O)/C=C(/c1ccc(C2COCO2)cc1)N1CCCC1=O. The zero-order valence-electron chi connectivity index (χ0n) is 13.0. The molecule has 122 valence electrons. The molecule has 6 heteroatoms. The zero-order valence-corrected chi connectivity index (χ0v) is 13.0. The number of nitrogens with zero attached hydrogens (tertiary/aromatic N) is 1. The van der Waals surface area contributed by atoms with E-state index in [-0.39, 0.29) is 12.0 Å². The number of hydrogen-bond acceptors (Lipinski definition) is 5. The molecule has 0 radical (unpaired) electrons. The summed E-state index contributed by atoms with van der Waals surface area (Å²) in [4.78, 5) is 25.3. The summed E-state index contributed by atoms with van der Waals surface area (Å²) < 4.78 is 15.4. The molecular formula is C17H19NO5.